The molecule has 5 aromatic rings. The zero-order chi connectivity index (χ0) is 75.2. The first-order valence-corrected chi connectivity index (χ1v) is 45.3. The maximum absolute atomic E-state index is 11.4. The fourth-order valence-electron chi connectivity index (χ4n) is 17.1. The number of rotatable bonds is 12. The van der Waals surface area contributed by atoms with Crippen LogP contribution in [0.25, 0.3) is 73.2 Å². The van der Waals surface area contributed by atoms with Gasteiger partial charge in [-0.15, -0.1) is 28.1 Å². The molecule has 0 aromatic heterocycles. The van der Waals surface area contributed by atoms with E-state index in [2.05, 4.69) is 251 Å². The van der Waals surface area contributed by atoms with Crippen LogP contribution in [0.4, 0.5) is 0 Å². The van der Waals surface area contributed by atoms with E-state index in [1.807, 2.05) is 121 Å². The molecule has 0 saturated heterocycles. The van der Waals surface area contributed by atoms with Gasteiger partial charge in [-0.1, -0.05) is 214 Å². The molecule has 101 heavy (non-hydrogen) atoms. The number of hydrogen-bond acceptors (Lipinski definition) is 2. The SMILES string of the molecule is [C-]#[N+]/C1=C\c2cc(C#C[Si](C(C)C)(C(C)C)C(C)C)cc(c2)/C(C#N)=C/c2cc(C#CC)cc(c2)/C(C#N)=C/c2cc(C#C[Si](C(C)C)(C(C)C)C(C)C)cc(c2)/C([N+]#[C-])=C/c2cc(C#C[Si](C(C)C)(C(C)C)C(C)C)cc(c2)/C([N+]#[C-])=C/c2cc(C#C[Si](C(C)C)(C(C)C)C(C)C)cc1c2. The molecule has 0 fully saturated rings. The van der Waals surface area contributed by atoms with Crippen LogP contribution < -0.4 is 0 Å². The van der Waals surface area contributed by atoms with Crippen molar-refractivity contribution in [2.75, 3.05) is 0 Å². The Morgan fingerprint density at radius 1 is 0.267 bits per heavy atom. The number of nitriles is 2. The van der Waals surface area contributed by atoms with Crippen molar-refractivity contribution in [3.05, 3.63) is 209 Å². The smallest absolute Gasteiger partial charge is 0.194 e. The van der Waals surface area contributed by atoms with Crippen LogP contribution in [0.1, 0.15) is 257 Å². The lowest BCUT2D eigenvalue weighted by atomic mass is 9.94. The molecular weight excluding hydrogens is 1290 g/mol. The number of hydrogen-bond donors (Lipinski definition) is 0. The van der Waals surface area contributed by atoms with E-state index in [4.69, 9.17) is 19.7 Å². The third-order valence-electron chi connectivity index (χ3n) is 21.8. The average molecular weight is 1400 g/mol. The summed E-state index contributed by atoms with van der Waals surface area (Å²) < 4.78 is 0. The summed E-state index contributed by atoms with van der Waals surface area (Å²) in [6, 6.07) is 34.8. The molecular formula is C92H107N5Si4. The molecule has 5 nitrogen and oxygen atoms in total. The summed E-state index contributed by atoms with van der Waals surface area (Å²) in [5, 5.41) is 22.8. The fraction of sp³-hybridized carbons (Fsp3) is 0.402. The van der Waals surface area contributed by atoms with E-state index in [1.54, 1.807) is 6.92 Å². The summed E-state index contributed by atoms with van der Waals surface area (Å²) in [4.78, 5) is 12.9. The number of benzene rings is 5. The number of nitrogens with zero attached hydrogens (tertiary/aromatic N) is 5. The molecule has 0 spiro atoms. The van der Waals surface area contributed by atoms with E-state index < -0.39 is 32.3 Å². The molecule has 1 aliphatic carbocycles. The lowest BCUT2D eigenvalue weighted by molar-refractivity contribution is 0.838. The first kappa shape index (κ1) is 80.9. The molecule has 0 amide bonds. The quantitative estimate of drug-likeness (QED) is 0.0710. The second kappa shape index (κ2) is 34.5. The van der Waals surface area contributed by atoms with Crippen LogP contribution in [-0.2, 0) is 0 Å². The Balaban J connectivity index is 1.94. The molecule has 0 radical (unpaired) electrons. The van der Waals surface area contributed by atoms with E-state index in [9.17, 15) is 10.5 Å². The average Bonchev–Trinajstić information content (AvgIpc) is 0.900. The van der Waals surface area contributed by atoms with Crippen molar-refractivity contribution in [1.82, 2.24) is 0 Å². The molecule has 6 rings (SSSR count). The van der Waals surface area contributed by atoms with Crippen molar-refractivity contribution in [3.63, 3.8) is 0 Å². The van der Waals surface area contributed by atoms with Crippen LogP contribution in [-0.4, -0.2) is 32.3 Å². The molecule has 0 saturated carbocycles. The molecule has 1 aliphatic rings. The van der Waals surface area contributed by atoms with Crippen molar-refractivity contribution < 1.29 is 0 Å². The van der Waals surface area contributed by atoms with Gasteiger partial charge < -0.3 is 0 Å². The van der Waals surface area contributed by atoms with Crippen molar-refractivity contribution in [2.24, 2.45) is 0 Å². The third-order valence-corrected chi connectivity index (χ3v) is 47.0. The van der Waals surface area contributed by atoms with Crippen LogP contribution in [0.3, 0.4) is 0 Å². The summed E-state index contributed by atoms with van der Waals surface area (Å²) in [7, 11) is -9.10. The van der Waals surface area contributed by atoms with Crippen molar-refractivity contribution in [3.8, 4) is 69.8 Å². The Morgan fingerprint density at radius 3 is 0.644 bits per heavy atom. The molecule has 9 heteroatoms. The van der Waals surface area contributed by atoms with Crippen LogP contribution in [0.2, 0.25) is 66.5 Å². The van der Waals surface area contributed by atoms with Gasteiger partial charge in [-0.3, -0.25) is 0 Å². The Labute approximate surface area is 615 Å². The highest BCUT2D eigenvalue weighted by atomic mass is 28.3. The highest BCUT2D eigenvalue weighted by molar-refractivity contribution is 6.92. The summed E-state index contributed by atoms with van der Waals surface area (Å²) >= 11 is 0. The molecule has 0 N–H and O–H groups in total. The van der Waals surface area contributed by atoms with E-state index in [0.29, 0.717) is 156 Å². The maximum atomic E-state index is 11.4. The van der Waals surface area contributed by atoms with E-state index in [1.165, 1.54) is 0 Å². The zero-order valence-electron chi connectivity index (χ0n) is 65.2. The minimum Gasteiger partial charge on any atom is -0.238 e. The molecule has 0 heterocycles. The summed E-state index contributed by atoms with van der Waals surface area (Å²) in [6.07, 6.45) is 9.37. The van der Waals surface area contributed by atoms with Gasteiger partial charge in [0.2, 0.25) is 0 Å². The van der Waals surface area contributed by atoms with Gasteiger partial charge in [0, 0.05) is 27.8 Å². The minimum absolute atomic E-state index is 0.348. The lowest BCUT2D eigenvalue weighted by Gasteiger charge is -2.38. The van der Waals surface area contributed by atoms with Gasteiger partial charge in [0.25, 0.3) is 0 Å². The first-order chi connectivity index (χ1) is 47.6. The first-order valence-electron chi connectivity index (χ1n) is 36.4. The minimum atomic E-state index is -2.28. The van der Waals surface area contributed by atoms with Gasteiger partial charge in [-0.25, -0.2) is 14.5 Å². The maximum Gasteiger partial charge on any atom is 0.194 e. The molecule has 516 valence electrons. The van der Waals surface area contributed by atoms with Gasteiger partial charge in [0.05, 0.1) is 43.0 Å². The number of fused-ring (bicyclic) bond motifs is 10. The normalized spacial score (nSPS) is 15.5. The zero-order valence-corrected chi connectivity index (χ0v) is 69.2. The van der Waals surface area contributed by atoms with E-state index >= 15 is 0 Å². The highest BCUT2D eigenvalue weighted by Gasteiger charge is 2.45. The Kier molecular flexibility index (Phi) is 27.6. The van der Waals surface area contributed by atoms with Crippen molar-refractivity contribution in [1.29, 1.82) is 10.5 Å². The Hall–Kier alpha value is -9.08. The van der Waals surface area contributed by atoms with Gasteiger partial charge in [-0.05, 0) is 232 Å². The molecule has 0 unspecified atom stereocenters. The second-order valence-corrected chi connectivity index (χ2v) is 53.8. The van der Waals surface area contributed by atoms with Crippen LogP contribution >= 0.6 is 0 Å². The van der Waals surface area contributed by atoms with Crippen molar-refractivity contribution in [2.45, 2.75) is 240 Å². The van der Waals surface area contributed by atoms with E-state index in [0.717, 1.165) is 22.3 Å². The molecule has 0 aliphatic heterocycles. The summed E-state index contributed by atoms with van der Waals surface area (Å²) in [5.74, 6) is 21.2. The number of allylic oxidation sites excluding steroid dienone is 2. The molecule has 10 bridgehead atoms. The Morgan fingerprint density at radius 2 is 0.455 bits per heavy atom. The lowest BCUT2D eigenvalue weighted by Crippen LogP contribution is -2.43. The Bertz CT molecular complexity index is 4510. The van der Waals surface area contributed by atoms with Crippen LogP contribution in [0.5, 0.6) is 0 Å². The largest absolute Gasteiger partial charge is 0.238 e. The predicted molar refractivity (Wildman–Crippen MR) is 447 cm³/mol. The topological polar surface area (TPSA) is 60.7 Å². The van der Waals surface area contributed by atoms with Gasteiger partial charge in [0.1, 0.15) is 32.3 Å². The van der Waals surface area contributed by atoms with Crippen molar-refractivity contribution >= 4 is 90.9 Å². The fourth-order valence-corrected chi connectivity index (χ4v) is 38.0. The van der Waals surface area contributed by atoms with Gasteiger partial charge in [0.15, 0.2) is 17.1 Å². The summed E-state index contributed by atoms with van der Waals surface area (Å²) in [6.45, 7) is 84.1. The highest BCUT2D eigenvalue weighted by Crippen LogP contribution is 2.45. The molecule has 5 aromatic carbocycles. The van der Waals surface area contributed by atoms with Crippen LogP contribution in [0.15, 0.2) is 91.0 Å². The van der Waals surface area contributed by atoms with E-state index in [-0.39, 0.29) is 0 Å². The standard InChI is InChI=1S/C92H107N5Si4/c1-29-30-73-39-78-49-83(44-73)89(60-94)55-79-40-75(32-36-99(64(8)9,65(10)11)66(12)13)46-85(51-79)91(96-27)57-81-42-77(34-38-101(70(20)21,71(22)23)72(24)25)48-87(53-81)92(97-28)58-82-43-76(33-37-100(67(14)15,68(16)17)69(18)19)47-86(52-82)90(95-26)56-80-41-74(45-84(50-80)88(54-78)59-93)31-35-98(61(2)3,62(4)5)63(6)7/h39-58,61-72H,1-25H3/b88-54+,89-55+,90-56-,91-57-,92-58-. The second-order valence-electron chi connectivity index (χ2n) is 31.4. The summed E-state index contributed by atoms with van der Waals surface area (Å²) in [5.41, 5.74) is 32.1. The van der Waals surface area contributed by atoms with Gasteiger partial charge >= 0.3 is 0 Å². The predicted octanol–water partition coefficient (Wildman–Crippen LogP) is 26.0. The monoisotopic (exact) mass is 1390 g/mol. The molecule has 0 atom stereocenters. The third kappa shape index (κ3) is 18.0. The van der Waals surface area contributed by atoms with Gasteiger partial charge in [-0.2, -0.15) is 10.5 Å². The van der Waals surface area contributed by atoms with Crippen LogP contribution in [0, 0.1) is 100 Å².